The number of hydrogen-bond donors (Lipinski definition) is 1. The Hall–Kier alpha value is -1.79. The van der Waals surface area contributed by atoms with E-state index in [4.69, 9.17) is 4.74 Å². The van der Waals surface area contributed by atoms with Crippen molar-refractivity contribution >= 4 is 33.1 Å². The van der Waals surface area contributed by atoms with Crippen LogP contribution in [0.25, 0.3) is 11.2 Å². The van der Waals surface area contributed by atoms with E-state index in [1.165, 1.54) is 0 Å². The van der Waals surface area contributed by atoms with Crippen molar-refractivity contribution in [1.82, 2.24) is 14.6 Å². The first-order valence-corrected chi connectivity index (χ1v) is 9.35. The van der Waals surface area contributed by atoms with E-state index >= 15 is 0 Å². The molecule has 0 saturated carbocycles. The number of pyridine rings is 1. The van der Waals surface area contributed by atoms with E-state index < -0.39 is 0 Å². The van der Waals surface area contributed by atoms with Crippen molar-refractivity contribution < 1.29 is 9.53 Å². The number of nitrogens with zero attached hydrogens (tertiary/aromatic N) is 2. The van der Waals surface area contributed by atoms with E-state index in [2.05, 4.69) is 37.1 Å². The Kier molecular flexibility index (Phi) is 5.20. The van der Waals surface area contributed by atoms with Gasteiger partial charge in [0.1, 0.15) is 0 Å². The van der Waals surface area contributed by atoms with Gasteiger partial charge in [0.05, 0.1) is 28.6 Å². The molecule has 0 radical (unpaired) electrons. The van der Waals surface area contributed by atoms with Crippen LogP contribution in [0, 0.1) is 6.92 Å². The number of aromatic nitrogens is 1. The SMILES string of the molecule is C=C(c1c(C)c(C(=O)OC(C)C)cc2c(Br)ccn12)N1CCNCC1. The molecule has 0 unspecified atom stereocenters. The number of rotatable bonds is 4. The predicted octanol–water partition coefficient (Wildman–Crippen LogP) is 3.45. The molecule has 0 bridgehead atoms. The molecule has 3 rings (SSSR count). The van der Waals surface area contributed by atoms with Crippen LogP contribution >= 0.6 is 15.9 Å². The van der Waals surface area contributed by atoms with Gasteiger partial charge < -0.3 is 19.4 Å². The summed E-state index contributed by atoms with van der Waals surface area (Å²) in [5.74, 6) is -0.294. The van der Waals surface area contributed by atoms with Crippen LogP contribution in [0.2, 0.25) is 0 Å². The number of fused-ring (bicyclic) bond motifs is 1. The van der Waals surface area contributed by atoms with Crippen molar-refractivity contribution in [3.05, 3.63) is 46.2 Å². The highest BCUT2D eigenvalue weighted by Gasteiger charge is 2.23. The van der Waals surface area contributed by atoms with Crippen LogP contribution in [0.1, 0.15) is 35.5 Å². The number of nitrogens with one attached hydrogen (secondary N) is 1. The number of halogens is 1. The van der Waals surface area contributed by atoms with Gasteiger partial charge in [-0.3, -0.25) is 0 Å². The topological polar surface area (TPSA) is 46.0 Å². The van der Waals surface area contributed by atoms with Gasteiger partial charge in [0.2, 0.25) is 0 Å². The summed E-state index contributed by atoms with van der Waals surface area (Å²) in [6.07, 6.45) is 1.85. The molecular weight excluding hydrogens is 382 g/mol. The van der Waals surface area contributed by atoms with Crippen LogP contribution in [-0.4, -0.2) is 47.6 Å². The van der Waals surface area contributed by atoms with Crippen molar-refractivity contribution in [3.8, 4) is 0 Å². The maximum absolute atomic E-state index is 12.6. The standard InChI is InChI=1S/C19H24BrN3O2/c1-12(2)25-19(24)15-11-17-16(20)5-8-23(17)18(13(15)3)14(4)22-9-6-21-7-10-22/h5,8,11-12,21H,4,6-7,9-10H2,1-3H3. The van der Waals surface area contributed by atoms with Crippen molar-refractivity contribution in [2.45, 2.75) is 26.9 Å². The van der Waals surface area contributed by atoms with Crippen LogP contribution in [-0.2, 0) is 4.74 Å². The molecule has 3 heterocycles. The second-order valence-electron chi connectivity index (χ2n) is 6.59. The third kappa shape index (κ3) is 3.46. The van der Waals surface area contributed by atoms with E-state index in [0.717, 1.165) is 53.1 Å². The lowest BCUT2D eigenvalue weighted by Crippen LogP contribution is -2.42. The number of ether oxygens (including phenoxy) is 1. The van der Waals surface area contributed by atoms with Crippen molar-refractivity contribution in [3.63, 3.8) is 0 Å². The molecule has 0 amide bonds. The van der Waals surface area contributed by atoms with Crippen molar-refractivity contribution in [2.75, 3.05) is 26.2 Å². The number of esters is 1. The summed E-state index contributed by atoms with van der Waals surface area (Å²) in [5, 5.41) is 3.36. The summed E-state index contributed by atoms with van der Waals surface area (Å²) < 4.78 is 8.48. The average Bonchev–Trinajstić information content (AvgIpc) is 2.94. The van der Waals surface area contributed by atoms with Gasteiger partial charge in [0.25, 0.3) is 0 Å². The zero-order valence-corrected chi connectivity index (χ0v) is 16.5. The van der Waals surface area contributed by atoms with Gasteiger partial charge in [-0.25, -0.2) is 4.79 Å². The second kappa shape index (κ2) is 7.22. The summed E-state index contributed by atoms with van der Waals surface area (Å²) >= 11 is 3.58. The minimum absolute atomic E-state index is 0.154. The molecule has 0 aromatic carbocycles. The summed E-state index contributed by atoms with van der Waals surface area (Å²) in [5.41, 5.74) is 4.32. The molecule has 1 aliphatic heterocycles. The summed E-state index contributed by atoms with van der Waals surface area (Å²) in [6.45, 7) is 13.7. The quantitative estimate of drug-likeness (QED) is 0.791. The summed E-state index contributed by atoms with van der Waals surface area (Å²) in [4.78, 5) is 14.9. The van der Waals surface area contributed by atoms with E-state index in [1.54, 1.807) is 0 Å². The monoisotopic (exact) mass is 405 g/mol. The lowest BCUT2D eigenvalue weighted by atomic mass is 10.0. The fourth-order valence-corrected chi connectivity index (χ4v) is 3.66. The molecule has 134 valence electrons. The summed E-state index contributed by atoms with van der Waals surface area (Å²) in [6, 6.07) is 3.87. The fraction of sp³-hybridized carbons (Fsp3) is 0.421. The molecule has 6 heteroatoms. The first kappa shape index (κ1) is 18.0. The molecule has 1 saturated heterocycles. The van der Waals surface area contributed by atoms with Crippen LogP contribution in [0.15, 0.2) is 29.4 Å². The maximum Gasteiger partial charge on any atom is 0.338 e. The van der Waals surface area contributed by atoms with Gasteiger partial charge >= 0.3 is 5.97 Å². The first-order chi connectivity index (χ1) is 11.9. The smallest absolute Gasteiger partial charge is 0.338 e. The molecular formula is C19H24BrN3O2. The minimum Gasteiger partial charge on any atom is -0.459 e. The lowest BCUT2D eigenvalue weighted by Gasteiger charge is -2.32. The molecule has 2 aromatic rings. The van der Waals surface area contributed by atoms with Crippen LogP contribution in [0.4, 0.5) is 0 Å². The molecule has 1 fully saturated rings. The second-order valence-corrected chi connectivity index (χ2v) is 7.44. The number of hydrogen-bond acceptors (Lipinski definition) is 4. The lowest BCUT2D eigenvalue weighted by molar-refractivity contribution is 0.0377. The largest absolute Gasteiger partial charge is 0.459 e. The molecule has 2 aromatic heterocycles. The highest BCUT2D eigenvalue weighted by atomic mass is 79.9. The maximum atomic E-state index is 12.6. The minimum atomic E-state index is -0.294. The van der Waals surface area contributed by atoms with Gasteiger partial charge in [0.15, 0.2) is 0 Å². The third-order valence-corrected chi connectivity index (χ3v) is 5.16. The van der Waals surface area contributed by atoms with Gasteiger partial charge in [0, 0.05) is 36.8 Å². The molecule has 1 N–H and O–H groups in total. The van der Waals surface area contributed by atoms with E-state index in [9.17, 15) is 4.79 Å². The fourth-order valence-electron chi connectivity index (χ4n) is 3.24. The molecule has 25 heavy (non-hydrogen) atoms. The molecule has 0 spiro atoms. The molecule has 1 aliphatic rings. The molecule has 0 aliphatic carbocycles. The van der Waals surface area contributed by atoms with E-state index in [1.807, 2.05) is 39.1 Å². The number of piperazine rings is 1. The van der Waals surface area contributed by atoms with Crippen LogP contribution in [0.3, 0.4) is 0 Å². The Morgan fingerprint density at radius 1 is 1.36 bits per heavy atom. The highest BCUT2D eigenvalue weighted by molar-refractivity contribution is 9.10. The van der Waals surface area contributed by atoms with E-state index in [0.29, 0.717) is 5.56 Å². The zero-order chi connectivity index (χ0) is 18.1. The van der Waals surface area contributed by atoms with Gasteiger partial charge in [-0.1, -0.05) is 6.58 Å². The summed E-state index contributed by atoms with van der Waals surface area (Å²) in [7, 11) is 0. The third-order valence-electron chi connectivity index (χ3n) is 4.49. The normalized spacial score (nSPS) is 15.0. The Balaban J connectivity index is 2.13. The predicted molar refractivity (Wildman–Crippen MR) is 104 cm³/mol. The average molecular weight is 406 g/mol. The van der Waals surface area contributed by atoms with Gasteiger partial charge in [-0.15, -0.1) is 0 Å². The van der Waals surface area contributed by atoms with Crippen LogP contribution < -0.4 is 5.32 Å². The number of carbonyl (C=O) groups excluding carboxylic acids is 1. The number of carbonyl (C=O) groups is 1. The Morgan fingerprint density at radius 3 is 2.68 bits per heavy atom. The Morgan fingerprint density at radius 2 is 2.04 bits per heavy atom. The zero-order valence-electron chi connectivity index (χ0n) is 14.9. The van der Waals surface area contributed by atoms with Crippen molar-refractivity contribution in [2.24, 2.45) is 0 Å². The van der Waals surface area contributed by atoms with Crippen molar-refractivity contribution in [1.29, 1.82) is 0 Å². The molecule has 0 atom stereocenters. The van der Waals surface area contributed by atoms with Crippen LogP contribution in [0.5, 0.6) is 0 Å². The Bertz CT molecular complexity index is 820. The van der Waals surface area contributed by atoms with E-state index in [-0.39, 0.29) is 12.1 Å². The Labute approximate surface area is 156 Å². The first-order valence-electron chi connectivity index (χ1n) is 8.56. The van der Waals surface area contributed by atoms with Gasteiger partial charge in [-0.2, -0.15) is 0 Å². The van der Waals surface area contributed by atoms with Gasteiger partial charge in [-0.05, 0) is 54.4 Å². The molecule has 5 nitrogen and oxygen atoms in total. The highest BCUT2D eigenvalue weighted by Crippen LogP contribution is 2.30.